The maximum atomic E-state index is 12.7. The number of halogens is 3. The van der Waals surface area contributed by atoms with Gasteiger partial charge < -0.3 is 5.32 Å². The van der Waals surface area contributed by atoms with Gasteiger partial charge in [0, 0.05) is 29.3 Å². The summed E-state index contributed by atoms with van der Waals surface area (Å²) >= 11 is 19.7. The summed E-state index contributed by atoms with van der Waals surface area (Å²) in [6.45, 7) is 0.414. The van der Waals surface area contributed by atoms with E-state index in [1.807, 2.05) is 12.1 Å². The molecule has 0 fully saturated rings. The molecule has 0 aliphatic heterocycles. The van der Waals surface area contributed by atoms with E-state index in [1.54, 1.807) is 48.2 Å². The SMILES string of the molecule is O=C(NCCSCc1ccc(Cl)c(Cl)c1)c1ccc(Cl)c(S(=O)(=O)Nc2ccccc2)c1. The second-order valence-corrected chi connectivity index (χ2v) is 10.7. The zero-order valence-electron chi connectivity index (χ0n) is 16.6. The van der Waals surface area contributed by atoms with Crippen molar-refractivity contribution in [3.05, 3.63) is 92.9 Å². The first kappa shape index (κ1) is 24.7. The van der Waals surface area contributed by atoms with Gasteiger partial charge in [-0.15, -0.1) is 0 Å². The molecule has 1 amide bonds. The summed E-state index contributed by atoms with van der Waals surface area (Å²) in [5.74, 6) is 1.01. The first-order valence-electron chi connectivity index (χ1n) is 9.43. The summed E-state index contributed by atoms with van der Waals surface area (Å²) < 4.78 is 27.9. The van der Waals surface area contributed by atoms with Crippen molar-refractivity contribution >= 4 is 68.2 Å². The van der Waals surface area contributed by atoms with Crippen molar-refractivity contribution in [2.45, 2.75) is 10.6 Å². The van der Waals surface area contributed by atoms with E-state index in [2.05, 4.69) is 10.0 Å². The predicted molar refractivity (Wildman–Crippen MR) is 134 cm³/mol. The lowest BCUT2D eigenvalue weighted by molar-refractivity contribution is 0.0956. The van der Waals surface area contributed by atoms with Gasteiger partial charge in [-0.25, -0.2) is 8.42 Å². The second-order valence-electron chi connectivity index (χ2n) is 6.67. The molecular weight excluding hydrogens is 511 g/mol. The van der Waals surface area contributed by atoms with Crippen molar-refractivity contribution in [1.82, 2.24) is 5.32 Å². The Labute approximate surface area is 206 Å². The third kappa shape index (κ3) is 6.80. The Morgan fingerprint density at radius 1 is 0.875 bits per heavy atom. The quantitative estimate of drug-likeness (QED) is 0.328. The van der Waals surface area contributed by atoms with Gasteiger partial charge in [0.25, 0.3) is 15.9 Å². The minimum absolute atomic E-state index is 0.0298. The highest BCUT2D eigenvalue weighted by Crippen LogP contribution is 2.26. The minimum Gasteiger partial charge on any atom is -0.351 e. The maximum Gasteiger partial charge on any atom is 0.263 e. The van der Waals surface area contributed by atoms with Gasteiger partial charge in [0.05, 0.1) is 15.1 Å². The van der Waals surface area contributed by atoms with Crippen molar-refractivity contribution in [1.29, 1.82) is 0 Å². The number of hydrogen-bond acceptors (Lipinski definition) is 4. The molecule has 0 unspecified atom stereocenters. The number of amides is 1. The van der Waals surface area contributed by atoms with E-state index in [0.29, 0.717) is 28.0 Å². The molecule has 0 radical (unpaired) electrons. The number of sulfonamides is 1. The average molecular weight is 530 g/mol. The van der Waals surface area contributed by atoms with Gasteiger partial charge in [-0.3, -0.25) is 9.52 Å². The number of rotatable bonds is 9. The first-order chi connectivity index (χ1) is 15.3. The van der Waals surface area contributed by atoms with Crippen LogP contribution in [0.3, 0.4) is 0 Å². The van der Waals surface area contributed by atoms with Gasteiger partial charge in [0.1, 0.15) is 4.90 Å². The van der Waals surface area contributed by atoms with Gasteiger partial charge in [0.2, 0.25) is 0 Å². The highest BCUT2D eigenvalue weighted by atomic mass is 35.5. The van der Waals surface area contributed by atoms with E-state index in [-0.39, 0.29) is 21.4 Å². The topological polar surface area (TPSA) is 75.3 Å². The monoisotopic (exact) mass is 528 g/mol. The Morgan fingerprint density at radius 3 is 2.31 bits per heavy atom. The standard InChI is InChI=1S/C22H19Cl3N2O3S2/c23-18-8-6-15(12-20(18)25)14-31-11-10-26-22(28)16-7-9-19(24)21(13-16)32(29,30)27-17-4-2-1-3-5-17/h1-9,12-13,27H,10-11,14H2,(H,26,28). The summed E-state index contributed by atoms with van der Waals surface area (Å²) in [7, 11) is -3.95. The largest absolute Gasteiger partial charge is 0.351 e. The summed E-state index contributed by atoms with van der Waals surface area (Å²) in [6, 6.07) is 18.1. The number of thioether (sulfide) groups is 1. The fraction of sp³-hybridized carbons (Fsp3) is 0.136. The first-order valence-corrected chi connectivity index (χ1v) is 13.2. The molecular formula is C22H19Cl3N2O3S2. The molecule has 10 heteroatoms. The van der Waals surface area contributed by atoms with Gasteiger partial charge >= 0.3 is 0 Å². The molecule has 0 spiro atoms. The molecule has 32 heavy (non-hydrogen) atoms. The maximum absolute atomic E-state index is 12.7. The van der Waals surface area contributed by atoms with Gasteiger partial charge in [-0.1, -0.05) is 59.1 Å². The molecule has 0 heterocycles. The van der Waals surface area contributed by atoms with E-state index in [1.165, 1.54) is 18.2 Å². The third-order valence-corrected chi connectivity index (χ3v) is 7.93. The summed E-state index contributed by atoms with van der Waals surface area (Å²) in [5, 5.41) is 3.84. The third-order valence-electron chi connectivity index (χ3n) is 4.29. The molecule has 0 saturated heterocycles. The molecule has 2 N–H and O–H groups in total. The zero-order valence-corrected chi connectivity index (χ0v) is 20.5. The Balaban J connectivity index is 1.57. The highest BCUT2D eigenvalue weighted by molar-refractivity contribution is 7.98. The molecule has 3 aromatic carbocycles. The van der Waals surface area contributed by atoms with E-state index >= 15 is 0 Å². The number of anilines is 1. The van der Waals surface area contributed by atoms with Crippen LogP contribution in [0, 0.1) is 0 Å². The second kappa shape index (κ2) is 11.3. The summed E-state index contributed by atoms with van der Waals surface area (Å²) in [4.78, 5) is 12.3. The van der Waals surface area contributed by atoms with E-state index < -0.39 is 10.0 Å². The van der Waals surface area contributed by atoms with Crippen LogP contribution in [0.5, 0.6) is 0 Å². The smallest absolute Gasteiger partial charge is 0.263 e. The Morgan fingerprint density at radius 2 is 1.59 bits per heavy atom. The van der Waals surface area contributed by atoms with Gasteiger partial charge in [0.15, 0.2) is 0 Å². The summed E-state index contributed by atoms with van der Waals surface area (Å²) in [6.07, 6.45) is 0. The Kier molecular flexibility index (Phi) is 8.73. The van der Waals surface area contributed by atoms with Crippen molar-refractivity contribution < 1.29 is 13.2 Å². The van der Waals surface area contributed by atoms with Gasteiger partial charge in [-0.05, 0) is 48.0 Å². The van der Waals surface area contributed by atoms with Crippen molar-refractivity contribution in [3.63, 3.8) is 0 Å². The number of carbonyl (C=O) groups is 1. The fourth-order valence-electron chi connectivity index (χ4n) is 2.73. The number of para-hydroxylation sites is 1. The molecule has 0 aromatic heterocycles. The van der Waals surface area contributed by atoms with Crippen LogP contribution < -0.4 is 10.0 Å². The molecule has 0 saturated carbocycles. The normalized spacial score (nSPS) is 11.2. The Hall–Kier alpha value is -1.90. The van der Waals surface area contributed by atoms with Crippen LogP contribution >= 0.6 is 46.6 Å². The van der Waals surface area contributed by atoms with E-state index in [9.17, 15) is 13.2 Å². The lowest BCUT2D eigenvalue weighted by atomic mass is 10.2. The van der Waals surface area contributed by atoms with E-state index in [0.717, 1.165) is 11.3 Å². The lowest BCUT2D eigenvalue weighted by Crippen LogP contribution is -2.26. The van der Waals surface area contributed by atoms with Crippen LogP contribution in [-0.4, -0.2) is 26.6 Å². The van der Waals surface area contributed by atoms with Crippen LogP contribution in [-0.2, 0) is 15.8 Å². The number of hydrogen-bond donors (Lipinski definition) is 2. The molecule has 0 atom stereocenters. The zero-order chi connectivity index (χ0) is 23.1. The molecule has 3 aromatic rings. The minimum atomic E-state index is -3.95. The summed E-state index contributed by atoms with van der Waals surface area (Å²) in [5.41, 5.74) is 1.64. The molecule has 0 aliphatic carbocycles. The molecule has 3 rings (SSSR count). The Bertz CT molecular complexity index is 1210. The van der Waals surface area contributed by atoms with Crippen molar-refractivity contribution in [2.75, 3.05) is 17.0 Å². The number of nitrogens with one attached hydrogen (secondary N) is 2. The van der Waals surface area contributed by atoms with Crippen LogP contribution in [0.2, 0.25) is 15.1 Å². The average Bonchev–Trinajstić information content (AvgIpc) is 2.76. The molecule has 0 aliphatic rings. The molecule has 0 bridgehead atoms. The van der Waals surface area contributed by atoms with Crippen LogP contribution in [0.1, 0.15) is 15.9 Å². The molecule has 5 nitrogen and oxygen atoms in total. The van der Waals surface area contributed by atoms with Crippen molar-refractivity contribution in [3.8, 4) is 0 Å². The van der Waals surface area contributed by atoms with Gasteiger partial charge in [-0.2, -0.15) is 11.8 Å². The highest BCUT2D eigenvalue weighted by Gasteiger charge is 2.20. The van der Waals surface area contributed by atoms with Crippen molar-refractivity contribution in [2.24, 2.45) is 0 Å². The fourth-order valence-corrected chi connectivity index (χ4v) is 5.44. The predicted octanol–water partition coefficient (Wildman–Crippen LogP) is 6.11. The molecule has 168 valence electrons. The van der Waals surface area contributed by atoms with Crippen LogP contribution in [0.25, 0.3) is 0 Å². The van der Waals surface area contributed by atoms with Crippen LogP contribution in [0.15, 0.2) is 71.6 Å². The number of carbonyl (C=O) groups excluding carboxylic acids is 1. The number of benzene rings is 3. The van der Waals surface area contributed by atoms with Crippen LogP contribution in [0.4, 0.5) is 5.69 Å². The van der Waals surface area contributed by atoms with E-state index in [4.69, 9.17) is 34.8 Å². The lowest BCUT2D eigenvalue weighted by Gasteiger charge is -2.11.